The van der Waals surface area contributed by atoms with E-state index in [0.29, 0.717) is 19.5 Å². The van der Waals surface area contributed by atoms with Crippen LogP contribution in [0.15, 0.2) is 29.4 Å². The smallest absolute Gasteiger partial charge is 0.222 e. The maximum Gasteiger partial charge on any atom is 0.222 e. The number of hydrogen-bond donors (Lipinski definition) is 0. The van der Waals surface area contributed by atoms with Crippen LogP contribution in [-0.2, 0) is 10.2 Å². The summed E-state index contributed by atoms with van der Waals surface area (Å²) in [5, 5.41) is 4.33. The number of amides is 1. The van der Waals surface area contributed by atoms with E-state index in [-0.39, 0.29) is 17.2 Å². The molecular weight excluding hydrogens is 288 g/mol. The van der Waals surface area contributed by atoms with Crippen LogP contribution in [0.1, 0.15) is 24.8 Å². The lowest BCUT2D eigenvalue weighted by Crippen LogP contribution is -2.34. The number of hydrogen-bond acceptors (Lipinski definition) is 2. The summed E-state index contributed by atoms with van der Waals surface area (Å²) in [5.74, 6) is 0.336. The van der Waals surface area contributed by atoms with Gasteiger partial charge >= 0.3 is 0 Å². The van der Waals surface area contributed by atoms with E-state index in [0.717, 1.165) is 24.4 Å². The van der Waals surface area contributed by atoms with Crippen molar-refractivity contribution >= 4 is 17.5 Å². The lowest BCUT2D eigenvalue weighted by molar-refractivity contribution is -0.128. The first-order chi connectivity index (χ1) is 10.1. The number of rotatable bonds is 5. The molecule has 1 aliphatic heterocycles. The molecule has 0 radical (unpaired) electrons. The Hall–Kier alpha value is -1.71. The van der Waals surface area contributed by atoms with Gasteiger partial charge in [-0.05, 0) is 42.0 Å². The molecule has 5 nitrogen and oxygen atoms in total. The number of likely N-dealkylation sites (tertiary alicyclic amines) is 1. The molecule has 0 N–H and O–H groups in total. The van der Waals surface area contributed by atoms with Crippen LogP contribution in [0.25, 0.3) is 10.4 Å². The molecule has 1 unspecified atom stereocenters. The highest BCUT2D eigenvalue weighted by molar-refractivity contribution is 6.30. The summed E-state index contributed by atoms with van der Waals surface area (Å²) in [6.07, 6.45) is 2.72. The molecule has 21 heavy (non-hydrogen) atoms. The molecule has 1 aliphatic carbocycles. The van der Waals surface area contributed by atoms with E-state index in [1.54, 1.807) is 0 Å². The van der Waals surface area contributed by atoms with Crippen molar-refractivity contribution in [3.8, 4) is 0 Å². The van der Waals surface area contributed by atoms with Crippen LogP contribution in [0.5, 0.6) is 0 Å². The molecular formula is C15H17ClN4O. The summed E-state index contributed by atoms with van der Waals surface area (Å²) in [5.41, 5.74) is 9.74. The molecule has 110 valence electrons. The van der Waals surface area contributed by atoms with E-state index >= 15 is 0 Å². The SMILES string of the molecule is [N-]=[N+]=NCC1CC(=O)N(CC2(c3ccc(Cl)cc3)CC2)C1. The van der Waals surface area contributed by atoms with Gasteiger partial charge in [0.15, 0.2) is 0 Å². The minimum absolute atomic E-state index is 0.105. The summed E-state index contributed by atoms with van der Waals surface area (Å²) in [6, 6.07) is 7.95. The van der Waals surface area contributed by atoms with Gasteiger partial charge in [-0.25, -0.2) is 0 Å². The predicted octanol–water partition coefficient (Wildman–Crippen LogP) is 3.53. The fourth-order valence-electron chi connectivity index (χ4n) is 3.14. The van der Waals surface area contributed by atoms with E-state index in [4.69, 9.17) is 17.1 Å². The standard InChI is InChI=1S/C15H17ClN4O/c16-13-3-1-12(2-4-13)15(5-6-15)10-20-9-11(7-14(20)21)8-18-19-17/h1-4,11H,5-10H2. The van der Waals surface area contributed by atoms with E-state index in [2.05, 4.69) is 22.2 Å². The van der Waals surface area contributed by atoms with Crippen LogP contribution >= 0.6 is 11.6 Å². The average molecular weight is 305 g/mol. The summed E-state index contributed by atoms with van der Waals surface area (Å²) in [4.78, 5) is 16.8. The Bertz CT molecular complexity index is 590. The normalized spacial score (nSPS) is 23.0. The second kappa shape index (κ2) is 5.58. The van der Waals surface area contributed by atoms with Gasteiger partial charge in [0.05, 0.1) is 0 Å². The predicted molar refractivity (Wildman–Crippen MR) is 81.1 cm³/mol. The zero-order valence-electron chi connectivity index (χ0n) is 11.7. The molecule has 1 heterocycles. The third kappa shape index (κ3) is 2.99. The molecule has 6 heteroatoms. The van der Waals surface area contributed by atoms with Gasteiger partial charge in [-0.3, -0.25) is 4.79 Å². The summed E-state index contributed by atoms with van der Waals surface area (Å²) in [7, 11) is 0. The number of nitrogens with zero attached hydrogens (tertiary/aromatic N) is 4. The maximum absolute atomic E-state index is 12.1. The van der Waals surface area contributed by atoms with Crippen molar-refractivity contribution in [2.24, 2.45) is 11.0 Å². The van der Waals surface area contributed by atoms with Gasteiger partial charge in [0.2, 0.25) is 5.91 Å². The molecule has 1 saturated carbocycles. The molecule has 0 aromatic heterocycles. The molecule has 1 atom stereocenters. The van der Waals surface area contributed by atoms with Crippen LogP contribution in [0.2, 0.25) is 5.02 Å². The summed E-state index contributed by atoms with van der Waals surface area (Å²) < 4.78 is 0. The molecule has 3 rings (SSSR count). The van der Waals surface area contributed by atoms with Crippen LogP contribution in [0, 0.1) is 5.92 Å². The quantitative estimate of drug-likeness (QED) is 0.466. The minimum atomic E-state index is 0.105. The molecule has 0 bridgehead atoms. The molecule has 2 fully saturated rings. The monoisotopic (exact) mass is 304 g/mol. The van der Waals surface area contributed by atoms with E-state index in [9.17, 15) is 4.79 Å². The summed E-state index contributed by atoms with van der Waals surface area (Å²) in [6.45, 7) is 1.88. The van der Waals surface area contributed by atoms with Crippen LogP contribution in [0.3, 0.4) is 0 Å². The van der Waals surface area contributed by atoms with Gasteiger partial charge in [-0.1, -0.05) is 28.8 Å². The topological polar surface area (TPSA) is 69.1 Å². The fourth-order valence-corrected chi connectivity index (χ4v) is 3.26. The molecule has 0 spiro atoms. The van der Waals surface area contributed by atoms with Crippen molar-refractivity contribution in [3.05, 3.63) is 45.3 Å². The Morgan fingerprint density at radius 3 is 2.71 bits per heavy atom. The third-order valence-corrected chi connectivity index (χ3v) is 4.75. The molecule has 2 aliphatic rings. The van der Waals surface area contributed by atoms with Crippen LogP contribution < -0.4 is 0 Å². The average Bonchev–Trinajstić information content (AvgIpc) is 3.17. The van der Waals surface area contributed by atoms with Crippen molar-refractivity contribution in [3.63, 3.8) is 0 Å². The van der Waals surface area contributed by atoms with E-state index in [1.807, 2.05) is 17.0 Å². The van der Waals surface area contributed by atoms with Gasteiger partial charge in [0.1, 0.15) is 0 Å². The molecule has 1 saturated heterocycles. The zero-order valence-corrected chi connectivity index (χ0v) is 12.5. The maximum atomic E-state index is 12.1. The molecule has 1 aromatic carbocycles. The summed E-state index contributed by atoms with van der Waals surface area (Å²) >= 11 is 5.94. The van der Waals surface area contributed by atoms with Crippen molar-refractivity contribution in [1.29, 1.82) is 0 Å². The first kappa shape index (κ1) is 14.2. The highest BCUT2D eigenvalue weighted by Crippen LogP contribution is 2.49. The fraction of sp³-hybridized carbons (Fsp3) is 0.533. The van der Waals surface area contributed by atoms with Crippen molar-refractivity contribution in [2.75, 3.05) is 19.6 Å². The first-order valence-electron chi connectivity index (χ1n) is 7.18. The van der Waals surface area contributed by atoms with Gasteiger partial charge in [0, 0.05) is 41.4 Å². The van der Waals surface area contributed by atoms with Gasteiger partial charge in [-0.2, -0.15) is 0 Å². The Morgan fingerprint density at radius 1 is 1.38 bits per heavy atom. The van der Waals surface area contributed by atoms with Crippen molar-refractivity contribution in [1.82, 2.24) is 4.90 Å². The second-order valence-corrected chi connectivity index (χ2v) is 6.48. The lowest BCUT2D eigenvalue weighted by atomic mass is 9.95. The van der Waals surface area contributed by atoms with Crippen LogP contribution in [-0.4, -0.2) is 30.4 Å². The van der Waals surface area contributed by atoms with Crippen molar-refractivity contribution in [2.45, 2.75) is 24.7 Å². The van der Waals surface area contributed by atoms with Gasteiger partial charge in [0.25, 0.3) is 0 Å². The lowest BCUT2D eigenvalue weighted by Gasteiger charge is -2.24. The van der Waals surface area contributed by atoms with E-state index < -0.39 is 0 Å². The highest BCUT2D eigenvalue weighted by Gasteiger charge is 2.47. The largest absolute Gasteiger partial charge is 0.342 e. The highest BCUT2D eigenvalue weighted by atomic mass is 35.5. The Labute approximate surface area is 128 Å². The van der Waals surface area contributed by atoms with Gasteiger partial charge in [-0.15, -0.1) is 0 Å². The van der Waals surface area contributed by atoms with Gasteiger partial charge < -0.3 is 4.90 Å². The number of benzene rings is 1. The number of halogens is 1. The number of carbonyl (C=O) groups is 1. The minimum Gasteiger partial charge on any atom is -0.342 e. The third-order valence-electron chi connectivity index (χ3n) is 4.50. The number of carbonyl (C=O) groups excluding carboxylic acids is 1. The Balaban J connectivity index is 1.67. The Kier molecular flexibility index (Phi) is 3.79. The molecule has 1 aromatic rings. The Morgan fingerprint density at radius 2 is 2.10 bits per heavy atom. The van der Waals surface area contributed by atoms with E-state index in [1.165, 1.54) is 5.56 Å². The second-order valence-electron chi connectivity index (χ2n) is 6.05. The zero-order chi connectivity index (χ0) is 14.9. The molecule has 1 amide bonds. The number of azide groups is 1. The van der Waals surface area contributed by atoms with Crippen molar-refractivity contribution < 1.29 is 4.79 Å². The first-order valence-corrected chi connectivity index (χ1v) is 7.55. The van der Waals surface area contributed by atoms with Crippen LogP contribution in [0.4, 0.5) is 0 Å².